The summed E-state index contributed by atoms with van der Waals surface area (Å²) in [6.07, 6.45) is 8.34. The van der Waals surface area contributed by atoms with Gasteiger partial charge in [-0.1, -0.05) is 48.9 Å². The van der Waals surface area contributed by atoms with E-state index in [1.807, 2.05) is 6.07 Å². The molecule has 2 atom stereocenters. The Labute approximate surface area is 110 Å². The van der Waals surface area contributed by atoms with Gasteiger partial charge in [-0.25, -0.2) is 0 Å². The molecule has 1 aliphatic heterocycles. The maximum Gasteiger partial charge on any atom is 0.0247 e. The molecule has 0 spiro atoms. The number of nitrogens with two attached hydrogens (primary N) is 1. The third-order valence-corrected chi connectivity index (χ3v) is 3.72. The van der Waals surface area contributed by atoms with E-state index in [-0.39, 0.29) is 6.04 Å². The first kappa shape index (κ1) is 13.3. The van der Waals surface area contributed by atoms with E-state index in [2.05, 4.69) is 48.2 Å². The lowest BCUT2D eigenvalue weighted by Gasteiger charge is -2.37. The lowest BCUT2D eigenvalue weighted by molar-refractivity contribution is 0.146. The van der Waals surface area contributed by atoms with Crippen molar-refractivity contribution in [1.29, 1.82) is 0 Å². The van der Waals surface area contributed by atoms with Crippen LogP contribution in [0.2, 0.25) is 0 Å². The van der Waals surface area contributed by atoms with Crippen molar-refractivity contribution in [2.24, 2.45) is 5.73 Å². The predicted octanol–water partition coefficient (Wildman–Crippen LogP) is 2.90. The standard InChI is InChI=1S/C16H24N2/c1-14(17)16-11-5-6-12-18(16)13-7-10-15-8-3-2-4-9-15/h2-4,7-10,14,16H,5-6,11-13,17H2,1H3. The Bertz CT molecular complexity index is 370. The van der Waals surface area contributed by atoms with Gasteiger partial charge in [0.25, 0.3) is 0 Å². The van der Waals surface area contributed by atoms with Crippen LogP contribution >= 0.6 is 0 Å². The minimum atomic E-state index is 0.274. The molecule has 1 fully saturated rings. The summed E-state index contributed by atoms with van der Waals surface area (Å²) >= 11 is 0. The molecule has 18 heavy (non-hydrogen) atoms. The second-order valence-corrected chi connectivity index (χ2v) is 5.23. The Kier molecular flexibility index (Phi) is 4.97. The molecule has 0 amide bonds. The summed E-state index contributed by atoms with van der Waals surface area (Å²) in [7, 11) is 0. The molecular formula is C16H24N2. The van der Waals surface area contributed by atoms with Crippen molar-refractivity contribution in [2.75, 3.05) is 13.1 Å². The first-order chi connectivity index (χ1) is 8.77. The fourth-order valence-electron chi connectivity index (χ4n) is 2.73. The zero-order valence-electron chi connectivity index (χ0n) is 11.3. The second-order valence-electron chi connectivity index (χ2n) is 5.23. The number of piperidine rings is 1. The molecule has 2 N–H and O–H groups in total. The van der Waals surface area contributed by atoms with Gasteiger partial charge in [0.1, 0.15) is 0 Å². The van der Waals surface area contributed by atoms with Crippen LogP contribution in [-0.2, 0) is 0 Å². The van der Waals surface area contributed by atoms with Crippen LogP contribution in [-0.4, -0.2) is 30.1 Å². The van der Waals surface area contributed by atoms with Gasteiger partial charge in [0.15, 0.2) is 0 Å². The largest absolute Gasteiger partial charge is 0.327 e. The summed E-state index contributed by atoms with van der Waals surface area (Å²) in [5, 5.41) is 0. The maximum absolute atomic E-state index is 6.07. The first-order valence-corrected chi connectivity index (χ1v) is 6.98. The SMILES string of the molecule is CC(N)C1CCCCN1CC=Cc1ccccc1. The molecule has 1 heterocycles. The summed E-state index contributed by atoms with van der Waals surface area (Å²) in [5.41, 5.74) is 7.34. The van der Waals surface area contributed by atoms with Crippen molar-refractivity contribution >= 4 is 6.08 Å². The van der Waals surface area contributed by atoms with E-state index in [0.29, 0.717) is 6.04 Å². The van der Waals surface area contributed by atoms with Crippen LogP contribution in [0, 0.1) is 0 Å². The third kappa shape index (κ3) is 3.69. The highest BCUT2D eigenvalue weighted by Crippen LogP contribution is 2.18. The lowest BCUT2D eigenvalue weighted by atomic mass is 9.97. The molecule has 0 aliphatic carbocycles. The van der Waals surface area contributed by atoms with Crippen LogP contribution in [0.4, 0.5) is 0 Å². The molecule has 1 aromatic rings. The van der Waals surface area contributed by atoms with Crippen LogP contribution in [0.3, 0.4) is 0 Å². The van der Waals surface area contributed by atoms with Crippen molar-refractivity contribution in [3.8, 4) is 0 Å². The molecule has 98 valence electrons. The molecule has 0 saturated carbocycles. The Balaban J connectivity index is 1.90. The van der Waals surface area contributed by atoms with E-state index < -0.39 is 0 Å². The van der Waals surface area contributed by atoms with E-state index in [4.69, 9.17) is 5.73 Å². The number of hydrogen-bond acceptors (Lipinski definition) is 2. The quantitative estimate of drug-likeness (QED) is 0.882. The third-order valence-electron chi connectivity index (χ3n) is 3.72. The van der Waals surface area contributed by atoms with Gasteiger partial charge in [0.2, 0.25) is 0 Å². The summed E-state index contributed by atoms with van der Waals surface area (Å²) in [6.45, 7) is 4.33. The molecule has 1 aromatic carbocycles. The molecule has 2 unspecified atom stereocenters. The van der Waals surface area contributed by atoms with Crippen LogP contribution in [0.25, 0.3) is 6.08 Å². The second kappa shape index (κ2) is 6.72. The molecule has 2 nitrogen and oxygen atoms in total. The summed E-state index contributed by atoms with van der Waals surface area (Å²) in [4.78, 5) is 2.52. The topological polar surface area (TPSA) is 29.3 Å². The van der Waals surface area contributed by atoms with E-state index >= 15 is 0 Å². The van der Waals surface area contributed by atoms with Crippen LogP contribution in [0.5, 0.6) is 0 Å². The van der Waals surface area contributed by atoms with Gasteiger partial charge in [-0.3, -0.25) is 4.90 Å². The van der Waals surface area contributed by atoms with Crippen LogP contribution in [0.15, 0.2) is 36.4 Å². The van der Waals surface area contributed by atoms with Crippen molar-refractivity contribution in [2.45, 2.75) is 38.3 Å². The molecule has 0 bridgehead atoms. The molecule has 0 radical (unpaired) electrons. The Morgan fingerprint density at radius 1 is 1.33 bits per heavy atom. The van der Waals surface area contributed by atoms with Gasteiger partial charge >= 0.3 is 0 Å². The van der Waals surface area contributed by atoms with E-state index in [9.17, 15) is 0 Å². The lowest BCUT2D eigenvalue weighted by Crippen LogP contribution is -2.49. The van der Waals surface area contributed by atoms with Crippen LogP contribution in [0.1, 0.15) is 31.7 Å². The highest BCUT2D eigenvalue weighted by atomic mass is 15.2. The fraction of sp³-hybridized carbons (Fsp3) is 0.500. The van der Waals surface area contributed by atoms with Crippen LogP contribution < -0.4 is 5.73 Å². The van der Waals surface area contributed by atoms with Gasteiger partial charge in [0, 0.05) is 18.6 Å². The highest BCUT2D eigenvalue weighted by Gasteiger charge is 2.23. The highest BCUT2D eigenvalue weighted by molar-refractivity contribution is 5.48. The van der Waals surface area contributed by atoms with Gasteiger partial charge in [-0.05, 0) is 31.9 Å². The average Bonchev–Trinajstić information content (AvgIpc) is 2.40. The number of benzene rings is 1. The normalized spacial score (nSPS) is 23.3. The fourth-order valence-corrected chi connectivity index (χ4v) is 2.73. The van der Waals surface area contributed by atoms with Gasteiger partial charge in [-0.2, -0.15) is 0 Å². The number of likely N-dealkylation sites (tertiary alicyclic amines) is 1. The predicted molar refractivity (Wildman–Crippen MR) is 78.3 cm³/mol. The molecule has 1 aliphatic rings. The smallest absolute Gasteiger partial charge is 0.0247 e. The number of hydrogen-bond donors (Lipinski definition) is 1. The molecule has 2 rings (SSSR count). The van der Waals surface area contributed by atoms with Crippen molar-refractivity contribution in [3.05, 3.63) is 42.0 Å². The number of nitrogens with zero attached hydrogens (tertiary/aromatic N) is 1. The maximum atomic E-state index is 6.07. The Hall–Kier alpha value is -1.12. The minimum absolute atomic E-state index is 0.274. The number of rotatable bonds is 4. The molecular weight excluding hydrogens is 220 g/mol. The van der Waals surface area contributed by atoms with E-state index in [1.54, 1.807) is 0 Å². The van der Waals surface area contributed by atoms with Gasteiger partial charge in [0.05, 0.1) is 0 Å². The van der Waals surface area contributed by atoms with Gasteiger partial charge in [-0.15, -0.1) is 0 Å². The Morgan fingerprint density at radius 2 is 2.11 bits per heavy atom. The molecule has 0 aromatic heterocycles. The zero-order chi connectivity index (χ0) is 12.8. The summed E-state index contributed by atoms with van der Waals surface area (Å²) in [6, 6.07) is 11.3. The summed E-state index contributed by atoms with van der Waals surface area (Å²) < 4.78 is 0. The van der Waals surface area contributed by atoms with Crippen molar-refractivity contribution < 1.29 is 0 Å². The zero-order valence-corrected chi connectivity index (χ0v) is 11.3. The molecule has 2 heteroatoms. The minimum Gasteiger partial charge on any atom is -0.327 e. The van der Waals surface area contributed by atoms with Crippen molar-refractivity contribution in [3.63, 3.8) is 0 Å². The van der Waals surface area contributed by atoms with E-state index in [0.717, 1.165) is 6.54 Å². The summed E-state index contributed by atoms with van der Waals surface area (Å²) in [5.74, 6) is 0. The monoisotopic (exact) mass is 244 g/mol. The van der Waals surface area contributed by atoms with E-state index in [1.165, 1.54) is 31.4 Å². The first-order valence-electron chi connectivity index (χ1n) is 6.98. The average molecular weight is 244 g/mol. The van der Waals surface area contributed by atoms with Gasteiger partial charge < -0.3 is 5.73 Å². The molecule has 1 saturated heterocycles. The van der Waals surface area contributed by atoms with Crippen molar-refractivity contribution in [1.82, 2.24) is 4.90 Å². The Morgan fingerprint density at radius 3 is 2.83 bits per heavy atom.